The van der Waals surface area contributed by atoms with Gasteiger partial charge < -0.3 is 34.5 Å². The topological polar surface area (TPSA) is 138 Å². The first-order valence-corrected chi connectivity index (χ1v) is 9.72. The van der Waals surface area contributed by atoms with Gasteiger partial charge in [0, 0.05) is 23.8 Å². The van der Waals surface area contributed by atoms with Crippen molar-refractivity contribution in [1.82, 2.24) is 5.32 Å². The number of benzene rings is 2. The summed E-state index contributed by atoms with van der Waals surface area (Å²) in [4.78, 5) is 22.9. The van der Waals surface area contributed by atoms with Crippen LogP contribution in [-0.2, 0) is 9.53 Å². The smallest absolute Gasteiger partial charge is 0.396 e. The second kappa shape index (κ2) is 7.73. The standard InChI is InChI=1S/C19H19NO8S/c1-8(22)20-14-16(24)15(23)12(7-21)27-18(14)26-11-6-13-17(28-19(25)29-13)10-5-3-2-4-9(10)11/h2-6,12,14-16,18,21,23-24H,7H2,1H3,(H,20,22)/t12-,14+,15+,16+,18+/m1/s1. The lowest BCUT2D eigenvalue weighted by atomic mass is 9.97. The number of carbonyl (C=O) groups excluding carboxylic acids is 1. The van der Waals surface area contributed by atoms with E-state index in [1.54, 1.807) is 30.3 Å². The lowest BCUT2D eigenvalue weighted by Crippen LogP contribution is -2.65. The van der Waals surface area contributed by atoms with Crippen LogP contribution in [0, 0.1) is 0 Å². The van der Waals surface area contributed by atoms with Crippen molar-refractivity contribution in [2.45, 2.75) is 37.6 Å². The Morgan fingerprint density at radius 2 is 1.97 bits per heavy atom. The molecule has 0 aliphatic carbocycles. The van der Waals surface area contributed by atoms with Crippen molar-refractivity contribution in [3.63, 3.8) is 0 Å². The van der Waals surface area contributed by atoms with Crippen molar-refractivity contribution in [3.05, 3.63) is 40.1 Å². The number of hydrogen-bond acceptors (Lipinski definition) is 9. The van der Waals surface area contributed by atoms with Gasteiger partial charge >= 0.3 is 4.94 Å². The minimum absolute atomic E-state index is 0.339. The highest BCUT2D eigenvalue weighted by atomic mass is 32.1. The van der Waals surface area contributed by atoms with E-state index in [4.69, 9.17) is 13.9 Å². The summed E-state index contributed by atoms with van der Waals surface area (Å²) in [5.41, 5.74) is 0.439. The van der Waals surface area contributed by atoms with Crippen LogP contribution < -0.4 is 15.0 Å². The number of ether oxygens (including phenoxy) is 2. The molecule has 0 radical (unpaired) electrons. The largest absolute Gasteiger partial charge is 0.462 e. The Morgan fingerprint density at radius 3 is 2.66 bits per heavy atom. The molecular formula is C19H19NO8S. The second-order valence-corrected chi connectivity index (χ2v) is 7.73. The van der Waals surface area contributed by atoms with Gasteiger partial charge in [-0.3, -0.25) is 4.79 Å². The number of fused-ring (bicyclic) bond motifs is 3. The van der Waals surface area contributed by atoms with Crippen LogP contribution in [0.2, 0.25) is 0 Å². The second-order valence-electron chi connectivity index (χ2n) is 6.75. The third-order valence-electron chi connectivity index (χ3n) is 4.80. The van der Waals surface area contributed by atoms with Crippen LogP contribution in [0.5, 0.6) is 5.75 Å². The van der Waals surface area contributed by atoms with Gasteiger partial charge in [0.1, 0.15) is 30.1 Å². The minimum Gasteiger partial charge on any atom is -0.462 e. The monoisotopic (exact) mass is 421 g/mol. The Morgan fingerprint density at radius 1 is 1.24 bits per heavy atom. The maximum atomic E-state index is 11.7. The van der Waals surface area contributed by atoms with Crippen LogP contribution in [0.25, 0.3) is 21.1 Å². The first-order valence-electron chi connectivity index (χ1n) is 8.90. The van der Waals surface area contributed by atoms with E-state index in [0.717, 1.165) is 11.3 Å². The molecule has 1 aromatic heterocycles. The van der Waals surface area contributed by atoms with E-state index < -0.39 is 48.1 Å². The average Bonchev–Trinajstić information content (AvgIpc) is 3.07. The first-order chi connectivity index (χ1) is 13.9. The molecule has 4 N–H and O–H groups in total. The molecule has 29 heavy (non-hydrogen) atoms. The summed E-state index contributed by atoms with van der Waals surface area (Å²) in [6.07, 6.45) is -5.12. The molecule has 1 aliphatic rings. The zero-order valence-corrected chi connectivity index (χ0v) is 16.1. The van der Waals surface area contributed by atoms with Gasteiger partial charge in [0.15, 0.2) is 5.58 Å². The van der Waals surface area contributed by atoms with Crippen LogP contribution in [-0.4, -0.2) is 58.5 Å². The van der Waals surface area contributed by atoms with Crippen molar-refractivity contribution in [3.8, 4) is 5.75 Å². The van der Waals surface area contributed by atoms with Crippen LogP contribution >= 0.6 is 11.3 Å². The zero-order valence-electron chi connectivity index (χ0n) is 15.3. The number of nitrogens with one attached hydrogen (secondary N) is 1. The average molecular weight is 421 g/mol. The lowest BCUT2D eigenvalue weighted by Gasteiger charge is -2.42. The van der Waals surface area contributed by atoms with Gasteiger partial charge in [-0.05, 0) is 0 Å². The van der Waals surface area contributed by atoms with E-state index in [0.29, 0.717) is 26.8 Å². The molecule has 9 nitrogen and oxygen atoms in total. The van der Waals surface area contributed by atoms with Gasteiger partial charge in [0.2, 0.25) is 12.2 Å². The third-order valence-corrected chi connectivity index (χ3v) is 5.57. The Labute approximate surface area is 168 Å². The van der Waals surface area contributed by atoms with Gasteiger partial charge in [-0.1, -0.05) is 35.6 Å². The van der Waals surface area contributed by atoms with Crippen molar-refractivity contribution < 1.29 is 34.0 Å². The highest BCUT2D eigenvalue weighted by Crippen LogP contribution is 2.36. The molecule has 10 heteroatoms. The van der Waals surface area contributed by atoms with Crippen molar-refractivity contribution in [2.75, 3.05) is 6.61 Å². The molecule has 1 saturated heterocycles. The molecule has 4 rings (SSSR count). The number of rotatable bonds is 4. The fourth-order valence-corrected chi connectivity index (χ4v) is 4.17. The van der Waals surface area contributed by atoms with Crippen LogP contribution in [0.3, 0.4) is 0 Å². The summed E-state index contributed by atoms with van der Waals surface area (Å²) in [7, 11) is 0. The molecule has 154 valence electrons. The molecule has 0 saturated carbocycles. The summed E-state index contributed by atoms with van der Waals surface area (Å²) in [5, 5.41) is 33.8. The quantitative estimate of drug-likeness (QED) is 0.473. The van der Waals surface area contributed by atoms with Crippen LogP contribution in [0.4, 0.5) is 0 Å². The van der Waals surface area contributed by atoms with Gasteiger partial charge in [-0.15, -0.1) is 0 Å². The number of hydrogen-bond donors (Lipinski definition) is 4. The molecule has 0 unspecified atom stereocenters. The van der Waals surface area contributed by atoms with Crippen molar-refractivity contribution in [2.24, 2.45) is 0 Å². The Hall–Kier alpha value is -2.50. The maximum Gasteiger partial charge on any atom is 0.396 e. The fourth-order valence-electron chi connectivity index (χ4n) is 3.46. The third kappa shape index (κ3) is 3.61. The van der Waals surface area contributed by atoms with Gasteiger partial charge in [0.25, 0.3) is 0 Å². The molecule has 0 spiro atoms. The van der Waals surface area contributed by atoms with Crippen molar-refractivity contribution >= 4 is 38.3 Å². The molecule has 0 bridgehead atoms. The van der Waals surface area contributed by atoms with E-state index >= 15 is 0 Å². The van der Waals surface area contributed by atoms with E-state index in [9.17, 15) is 24.9 Å². The first kappa shape index (κ1) is 19.8. The van der Waals surface area contributed by atoms with Gasteiger partial charge in [-0.2, -0.15) is 0 Å². The van der Waals surface area contributed by atoms with Crippen LogP contribution in [0.1, 0.15) is 6.92 Å². The van der Waals surface area contributed by atoms with E-state index in [1.807, 2.05) is 0 Å². The summed E-state index contributed by atoms with van der Waals surface area (Å²) in [6, 6.07) is 7.67. The fraction of sp³-hybridized carbons (Fsp3) is 0.368. The predicted molar refractivity (Wildman–Crippen MR) is 104 cm³/mol. The van der Waals surface area contributed by atoms with Gasteiger partial charge in [-0.25, -0.2) is 4.79 Å². The highest BCUT2D eigenvalue weighted by Gasteiger charge is 2.46. The number of aliphatic hydroxyl groups excluding tert-OH is 3. The van der Waals surface area contributed by atoms with E-state index in [1.165, 1.54) is 6.92 Å². The highest BCUT2D eigenvalue weighted by molar-refractivity contribution is 7.16. The summed E-state index contributed by atoms with van der Waals surface area (Å²) < 4.78 is 17.5. The Bertz CT molecular complexity index is 1110. The SMILES string of the molecule is CC(=O)N[C@@H]1[C@@H](Oc2cc3sc(=O)oc3c3ccccc23)O[C@H](CO)[C@H](O)[C@H]1O. The van der Waals surface area contributed by atoms with Crippen LogP contribution in [0.15, 0.2) is 39.5 Å². The Kier molecular flexibility index (Phi) is 5.28. The van der Waals surface area contributed by atoms with E-state index in [-0.39, 0.29) is 0 Å². The maximum absolute atomic E-state index is 11.7. The van der Waals surface area contributed by atoms with Crippen molar-refractivity contribution in [1.29, 1.82) is 0 Å². The molecule has 1 fully saturated rings. The van der Waals surface area contributed by atoms with E-state index in [2.05, 4.69) is 5.32 Å². The molecular weight excluding hydrogens is 402 g/mol. The minimum atomic E-state index is -1.42. The number of carbonyl (C=O) groups is 1. The summed E-state index contributed by atoms with van der Waals surface area (Å²) in [6.45, 7) is 0.715. The molecule has 1 aliphatic heterocycles. The molecule has 2 aromatic carbocycles. The molecule has 5 atom stereocenters. The summed E-state index contributed by atoms with van der Waals surface area (Å²) in [5.74, 6) is -0.111. The Balaban J connectivity index is 1.78. The number of aliphatic hydroxyl groups is 3. The molecule has 3 aromatic rings. The summed E-state index contributed by atoms with van der Waals surface area (Å²) >= 11 is 0.918. The normalized spacial score (nSPS) is 27.2. The van der Waals surface area contributed by atoms with Gasteiger partial charge in [0.05, 0.1) is 11.3 Å². The zero-order chi connectivity index (χ0) is 20.7. The molecule has 2 heterocycles. The number of amides is 1. The predicted octanol–water partition coefficient (Wildman–Crippen LogP) is 0.330. The molecule has 1 amide bonds. The lowest BCUT2D eigenvalue weighted by molar-refractivity contribution is -0.244.